The van der Waals surface area contributed by atoms with Gasteiger partial charge in [0.25, 0.3) is 0 Å². The molecule has 0 bridgehead atoms. The number of rotatable bonds is 2. The van der Waals surface area contributed by atoms with Crippen molar-refractivity contribution in [2.75, 3.05) is 0 Å². The number of phenols is 1. The topological polar surface area (TPSA) is 37.3 Å². The fraction of sp³-hybridized carbons (Fsp3) is 0.0500. The first-order valence-corrected chi connectivity index (χ1v) is 7.15. The Bertz CT molecular complexity index is 788. The van der Waals surface area contributed by atoms with E-state index in [1.807, 2.05) is 36.4 Å². The van der Waals surface area contributed by atoms with Crippen LogP contribution in [-0.4, -0.2) is 10.9 Å². The van der Waals surface area contributed by atoms with E-state index >= 15 is 0 Å². The van der Waals surface area contributed by atoms with Crippen molar-refractivity contribution >= 4 is 11.4 Å². The first-order chi connectivity index (χ1) is 10.6. The second-order valence-corrected chi connectivity index (χ2v) is 5.26. The van der Waals surface area contributed by atoms with Crippen molar-refractivity contribution in [2.45, 2.75) is 6.92 Å². The zero-order valence-corrected chi connectivity index (χ0v) is 12.3. The van der Waals surface area contributed by atoms with Gasteiger partial charge in [-0.25, -0.2) is 0 Å². The number of benzene rings is 2. The van der Waals surface area contributed by atoms with Gasteiger partial charge in [0.2, 0.25) is 0 Å². The van der Waals surface area contributed by atoms with Gasteiger partial charge in [-0.05, 0) is 59.0 Å². The molecule has 2 heteroatoms. The Kier molecular flexibility index (Phi) is 3.75. The lowest BCUT2D eigenvalue weighted by Gasteiger charge is -2.15. The second kappa shape index (κ2) is 5.86. The van der Waals surface area contributed by atoms with E-state index in [1.165, 1.54) is 0 Å². The van der Waals surface area contributed by atoms with Crippen molar-refractivity contribution in [3.8, 4) is 5.75 Å². The summed E-state index contributed by atoms with van der Waals surface area (Å²) >= 11 is 0. The number of carbonyl (C=O) groups excluding carboxylic acids is 1. The minimum atomic E-state index is -0.00131. The van der Waals surface area contributed by atoms with Gasteiger partial charge in [-0.15, -0.1) is 0 Å². The molecule has 1 aliphatic carbocycles. The number of phenolic OH excluding ortho intramolecular Hbond substituents is 1. The quantitative estimate of drug-likeness (QED) is 0.899. The summed E-state index contributed by atoms with van der Waals surface area (Å²) < 4.78 is 0. The lowest BCUT2D eigenvalue weighted by Crippen LogP contribution is -1.98. The van der Waals surface area contributed by atoms with Crippen LogP contribution >= 0.6 is 0 Å². The number of hydrogen-bond acceptors (Lipinski definition) is 2. The van der Waals surface area contributed by atoms with Crippen LogP contribution in [0.3, 0.4) is 0 Å². The summed E-state index contributed by atoms with van der Waals surface area (Å²) in [4.78, 5) is 11.4. The van der Waals surface area contributed by atoms with E-state index in [2.05, 4.69) is 19.1 Å². The van der Waals surface area contributed by atoms with Crippen LogP contribution in [0.15, 0.2) is 78.4 Å². The van der Waals surface area contributed by atoms with Gasteiger partial charge in [0.05, 0.1) is 0 Å². The van der Waals surface area contributed by atoms with E-state index in [0.717, 1.165) is 27.8 Å². The van der Waals surface area contributed by atoms with Crippen molar-refractivity contribution in [1.82, 2.24) is 0 Å². The molecular weight excluding hydrogens is 272 g/mol. The number of aromatic hydroxyl groups is 1. The van der Waals surface area contributed by atoms with E-state index in [1.54, 1.807) is 24.3 Å². The third-order valence-corrected chi connectivity index (χ3v) is 3.71. The van der Waals surface area contributed by atoms with Crippen LogP contribution in [0.25, 0.3) is 5.57 Å². The number of hydrogen-bond donors (Lipinski definition) is 1. The molecule has 1 aliphatic rings. The standard InChI is InChI=1S/C20H16O2/c1-14-4-2-3-5-19(14)20(15-6-10-17(21)11-7-15)16-8-12-18(22)13-9-16/h2-13,21H,1H3. The number of aryl methyl sites for hydroxylation is 1. The number of carbonyl (C=O) groups is 1. The SMILES string of the molecule is Cc1ccccc1C(=C1C=CC(=O)C=C1)c1ccc(O)cc1. The normalized spacial score (nSPS) is 13.5. The van der Waals surface area contributed by atoms with Crippen LogP contribution in [0.4, 0.5) is 0 Å². The highest BCUT2D eigenvalue weighted by Gasteiger charge is 2.13. The summed E-state index contributed by atoms with van der Waals surface area (Å²) in [6.07, 6.45) is 6.84. The molecule has 0 saturated heterocycles. The molecule has 0 saturated carbocycles. The van der Waals surface area contributed by atoms with Crippen LogP contribution in [0.2, 0.25) is 0 Å². The highest BCUT2D eigenvalue weighted by atomic mass is 16.3. The smallest absolute Gasteiger partial charge is 0.178 e. The summed E-state index contributed by atoms with van der Waals surface area (Å²) in [6, 6.07) is 15.3. The van der Waals surface area contributed by atoms with E-state index in [-0.39, 0.29) is 11.5 Å². The summed E-state index contributed by atoms with van der Waals surface area (Å²) in [6.45, 7) is 2.07. The van der Waals surface area contributed by atoms with Crippen LogP contribution in [0.1, 0.15) is 16.7 Å². The molecule has 1 N–H and O–H groups in total. The first kappa shape index (κ1) is 14.1. The molecule has 3 rings (SSSR count). The molecule has 2 aromatic carbocycles. The predicted octanol–water partition coefficient (Wildman–Crippen LogP) is 4.20. The summed E-state index contributed by atoms with van der Waals surface area (Å²) in [7, 11) is 0. The zero-order chi connectivity index (χ0) is 15.5. The second-order valence-electron chi connectivity index (χ2n) is 5.26. The Morgan fingerprint density at radius 3 is 2.14 bits per heavy atom. The van der Waals surface area contributed by atoms with Gasteiger partial charge < -0.3 is 5.11 Å². The molecule has 0 aliphatic heterocycles. The molecule has 0 radical (unpaired) electrons. The van der Waals surface area contributed by atoms with E-state index in [0.29, 0.717) is 0 Å². The summed E-state index contributed by atoms with van der Waals surface area (Å²) in [5.74, 6) is 0.237. The molecule has 0 heterocycles. The fourth-order valence-electron chi connectivity index (χ4n) is 2.58. The van der Waals surface area contributed by atoms with Crippen molar-refractivity contribution in [1.29, 1.82) is 0 Å². The molecule has 0 amide bonds. The molecule has 0 fully saturated rings. The molecule has 2 aromatic rings. The van der Waals surface area contributed by atoms with E-state index in [9.17, 15) is 9.90 Å². The fourth-order valence-corrected chi connectivity index (χ4v) is 2.58. The highest BCUT2D eigenvalue weighted by molar-refractivity contribution is 6.03. The Labute approximate surface area is 129 Å². The molecular formula is C20H16O2. The maximum absolute atomic E-state index is 11.4. The van der Waals surface area contributed by atoms with E-state index < -0.39 is 0 Å². The molecule has 0 spiro atoms. The largest absolute Gasteiger partial charge is 0.508 e. The monoisotopic (exact) mass is 288 g/mol. The predicted molar refractivity (Wildman–Crippen MR) is 88.6 cm³/mol. The van der Waals surface area contributed by atoms with Gasteiger partial charge in [0.1, 0.15) is 5.75 Å². The van der Waals surface area contributed by atoms with E-state index in [4.69, 9.17) is 0 Å². The Hall–Kier alpha value is -2.87. The average molecular weight is 288 g/mol. The molecule has 0 unspecified atom stereocenters. The van der Waals surface area contributed by atoms with Gasteiger partial charge >= 0.3 is 0 Å². The summed E-state index contributed by atoms with van der Waals surface area (Å²) in [5.41, 5.74) is 5.33. The maximum Gasteiger partial charge on any atom is 0.178 e. The van der Waals surface area contributed by atoms with Crippen molar-refractivity contribution in [2.24, 2.45) is 0 Å². The third kappa shape index (κ3) is 2.77. The maximum atomic E-state index is 11.4. The zero-order valence-electron chi connectivity index (χ0n) is 12.3. The Balaban J connectivity index is 2.24. The van der Waals surface area contributed by atoms with Crippen LogP contribution in [-0.2, 0) is 4.79 Å². The van der Waals surface area contributed by atoms with Crippen molar-refractivity contribution < 1.29 is 9.90 Å². The van der Waals surface area contributed by atoms with Gasteiger partial charge in [-0.2, -0.15) is 0 Å². The molecule has 0 aromatic heterocycles. The Morgan fingerprint density at radius 2 is 1.50 bits per heavy atom. The minimum absolute atomic E-state index is 0.00131. The van der Waals surface area contributed by atoms with Gasteiger partial charge in [-0.1, -0.05) is 48.6 Å². The highest BCUT2D eigenvalue weighted by Crippen LogP contribution is 2.32. The Morgan fingerprint density at radius 1 is 0.864 bits per heavy atom. The van der Waals surface area contributed by atoms with Crippen LogP contribution in [0.5, 0.6) is 5.75 Å². The molecule has 0 atom stereocenters. The first-order valence-electron chi connectivity index (χ1n) is 7.15. The summed E-state index contributed by atoms with van der Waals surface area (Å²) in [5, 5.41) is 9.52. The van der Waals surface area contributed by atoms with Crippen molar-refractivity contribution in [3.63, 3.8) is 0 Å². The van der Waals surface area contributed by atoms with Gasteiger partial charge in [0.15, 0.2) is 5.78 Å². The lowest BCUT2D eigenvalue weighted by atomic mass is 9.89. The van der Waals surface area contributed by atoms with Crippen LogP contribution < -0.4 is 0 Å². The van der Waals surface area contributed by atoms with Crippen molar-refractivity contribution in [3.05, 3.63) is 95.1 Å². The molecule has 2 nitrogen and oxygen atoms in total. The number of ketones is 1. The third-order valence-electron chi connectivity index (χ3n) is 3.71. The van der Waals surface area contributed by atoms with Crippen LogP contribution in [0, 0.1) is 6.92 Å². The minimum Gasteiger partial charge on any atom is -0.508 e. The van der Waals surface area contributed by atoms with Gasteiger partial charge in [0, 0.05) is 0 Å². The number of allylic oxidation sites excluding steroid dienone is 5. The van der Waals surface area contributed by atoms with Gasteiger partial charge in [-0.3, -0.25) is 4.79 Å². The lowest BCUT2D eigenvalue weighted by molar-refractivity contribution is -0.110. The molecule has 108 valence electrons. The molecule has 22 heavy (non-hydrogen) atoms. The average Bonchev–Trinajstić information content (AvgIpc) is 2.53.